The molecule has 0 bridgehead atoms. The molecule has 1 rings (SSSR count). The maximum atomic E-state index is 13.1. The third kappa shape index (κ3) is 5.39. The Labute approximate surface area is 114 Å². The van der Waals surface area contributed by atoms with Gasteiger partial charge in [-0.2, -0.15) is 0 Å². The molecule has 0 radical (unpaired) electrons. The molecule has 0 fully saturated rings. The number of hydrogen-bond acceptors (Lipinski definition) is 2. The van der Waals surface area contributed by atoms with Gasteiger partial charge in [-0.3, -0.25) is 4.79 Å². The summed E-state index contributed by atoms with van der Waals surface area (Å²) in [6.45, 7) is 7.33. The topological polar surface area (TPSA) is 41.1 Å². The Morgan fingerprint density at radius 2 is 2.00 bits per heavy atom. The van der Waals surface area contributed by atoms with Crippen LogP contribution < -0.4 is 10.6 Å². The van der Waals surface area contributed by atoms with Crippen LogP contribution >= 0.6 is 0 Å². The summed E-state index contributed by atoms with van der Waals surface area (Å²) in [6.07, 6.45) is 0.288. The van der Waals surface area contributed by atoms with Crippen molar-refractivity contribution in [2.24, 2.45) is 5.41 Å². The number of halogens is 1. The molecule has 0 unspecified atom stereocenters. The summed E-state index contributed by atoms with van der Waals surface area (Å²) < 4.78 is 13.1. The Morgan fingerprint density at radius 3 is 2.58 bits per heavy atom. The van der Waals surface area contributed by atoms with Crippen molar-refractivity contribution >= 4 is 5.91 Å². The summed E-state index contributed by atoms with van der Waals surface area (Å²) in [5.41, 5.74) is 1.42. The summed E-state index contributed by atoms with van der Waals surface area (Å²) in [4.78, 5) is 11.8. The monoisotopic (exact) mass is 266 g/mol. The van der Waals surface area contributed by atoms with Gasteiger partial charge in [-0.1, -0.05) is 26.0 Å². The Balaban J connectivity index is 2.49. The van der Waals surface area contributed by atoms with E-state index in [2.05, 4.69) is 24.5 Å². The fraction of sp³-hybridized carbons (Fsp3) is 0.533. The summed E-state index contributed by atoms with van der Waals surface area (Å²) in [5.74, 6) is -0.269. The largest absolute Gasteiger partial charge is 0.355 e. The lowest BCUT2D eigenvalue weighted by Crippen LogP contribution is -2.39. The molecule has 1 amide bonds. The number of carbonyl (C=O) groups excluding carboxylic acids is 1. The van der Waals surface area contributed by atoms with Crippen LogP contribution in [-0.2, 0) is 11.2 Å². The predicted octanol–water partition coefficient (Wildman–Crippen LogP) is 2.04. The number of aryl methyl sites for hydroxylation is 1. The number of amides is 1. The van der Waals surface area contributed by atoms with Crippen molar-refractivity contribution < 1.29 is 9.18 Å². The number of carbonyl (C=O) groups is 1. The van der Waals surface area contributed by atoms with Gasteiger partial charge in [-0.25, -0.2) is 4.39 Å². The van der Waals surface area contributed by atoms with Gasteiger partial charge in [0.1, 0.15) is 5.82 Å². The van der Waals surface area contributed by atoms with Gasteiger partial charge in [-0.05, 0) is 36.6 Å². The highest BCUT2D eigenvalue weighted by atomic mass is 19.1. The van der Waals surface area contributed by atoms with E-state index in [-0.39, 0.29) is 23.6 Å². The zero-order valence-electron chi connectivity index (χ0n) is 12.1. The van der Waals surface area contributed by atoms with Gasteiger partial charge in [0.2, 0.25) is 5.91 Å². The third-order valence-corrected chi connectivity index (χ3v) is 3.01. The molecule has 3 nitrogen and oxygen atoms in total. The van der Waals surface area contributed by atoms with Crippen LogP contribution in [0.5, 0.6) is 0 Å². The first-order valence-electron chi connectivity index (χ1n) is 6.50. The van der Waals surface area contributed by atoms with Gasteiger partial charge in [0.25, 0.3) is 0 Å². The van der Waals surface area contributed by atoms with E-state index in [1.165, 1.54) is 6.07 Å². The standard InChI is InChI=1S/C15H23FN2O/c1-11-7-12(5-6-13(11)16)8-14(19)18-10-15(2,3)9-17-4/h5-7,17H,8-10H2,1-4H3,(H,18,19). The van der Waals surface area contributed by atoms with Crippen LogP contribution in [0.4, 0.5) is 4.39 Å². The average Bonchev–Trinajstić information content (AvgIpc) is 2.32. The molecule has 0 spiro atoms. The molecule has 0 heterocycles. The number of benzene rings is 1. The Morgan fingerprint density at radius 1 is 1.32 bits per heavy atom. The molecule has 106 valence electrons. The van der Waals surface area contributed by atoms with E-state index in [1.54, 1.807) is 19.1 Å². The highest BCUT2D eigenvalue weighted by Crippen LogP contribution is 2.12. The van der Waals surface area contributed by atoms with E-state index in [9.17, 15) is 9.18 Å². The minimum atomic E-state index is -0.237. The molecule has 1 aromatic rings. The lowest BCUT2D eigenvalue weighted by atomic mass is 9.93. The quantitative estimate of drug-likeness (QED) is 0.827. The fourth-order valence-electron chi connectivity index (χ4n) is 1.94. The molecular formula is C15H23FN2O. The van der Waals surface area contributed by atoms with E-state index in [1.807, 2.05) is 7.05 Å². The Bertz CT molecular complexity index is 444. The molecular weight excluding hydrogens is 243 g/mol. The van der Waals surface area contributed by atoms with Gasteiger partial charge in [0.05, 0.1) is 6.42 Å². The third-order valence-electron chi connectivity index (χ3n) is 3.01. The molecule has 4 heteroatoms. The van der Waals surface area contributed by atoms with E-state index in [0.717, 1.165) is 12.1 Å². The minimum Gasteiger partial charge on any atom is -0.355 e. The van der Waals surface area contributed by atoms with Crippen molar-refractivity contribution in [3.05, 3.63) is 35.1 Å². The summed E-state index contributed by atoms with van der Waals surface area (Å²) >= 11 is 0. The second-order valence-corrected chi connectivity index (χ2v) is 5.73. The summed E-state index contributed by atoms with van der Waals surface area (Å²) in [5, 5.41) is 6.02. The van der Waals surface area contributed by atoms with Gasteiger partial charge in [-0.15, -0.1) is 0 Å². The SMILES string of the molecule is CNCC(C)(C)CNC(=O)Cc1ccc(F)c(C)c1. The number of rotatable bonds is 6. The van der Waals surface area contributed by atoms with Crippen molar-refractivity contribution in [2.75, 3.05) is 20.1 Å². The van der Waals surface area contributed by atoms with Crippen LogP contribution in [-0.4, -0.2) is 26.0 Å². The molecule has 2 N–H and O–H groups in total. The highest BCUT2D eigenvalue weighted by molar-refractivity contribution is 5.78. The van der Waals surface area contributed by atoms with Gasteiger partial charge >= 0.3 is 0 Å². The minimum absolute atomic E-state index is 0.0170. The normalized spacial score (nSPS) is 11.4. The maximum Gasteiger partial charge on any atom is 0.224 e. The molecule has 1 aromatic carbocycles. The van der Waals surface area contributed by atoms with Crippen molar-refractivity contribution in [1.82, 2.24) is 10.6 Å². The fourth-order valence-corrected chi connectivity index (χ4v) is 1.94. The molecule has 0 saturated carbocycles. The Hall–Kier alpha value is -1.42. The van der Waals surface area contributed by atoms with Gasteiger partial charge < -0.3 is 10.6 Å². The van der Waals surface area contributed by atoms with Crippen LogP contribution in [0.3, 0.4) is 0 Å². The molecule has 0 aliphatic heterocycles. The molecule has 0 atom stereocenters. The van der Waals surface area contributed by atoms with E-state index in [0.29, 0.717) is 12.1 Å². The predicted molar refractivity (Wildman–Crippen MR) is 75.6 cm³/mol. The summed E-state index contributed by atoms with van der Waals surface area (Å²) in [6, 6.07) is 4.77. The van der Waals surface area contributed by atoms with Crippen LogP contribution in [0.1, 0.15) is 25.0 Å². The molecule has 0 aliphatic rings. The lowest BCUT2D eigenvalue weighted by molar-refractivity contribution is -0.120. The number of nitrogens with one attached hydrogen (secondary N) is 2. The smallest absolute Gasteiger partial charge is 0.224 e. The van der Waals surface area contributed by atoms with Crippen molar-refractivity contribution in [2.45, 2.75) is 27.2 Å². The van der Waals surface area contributed by atoms with E-state index in [4.69, 9.17) is 0 Å². The molecule has 0 aromatic heterocycles. The van der Waals surface area contributed by atoms with Crippen LogP contribution in [0, 0.1) is 18.2 Å². The van der Waals surface area contributed by atoms with Gasteiger partial charge in [0.15, 0.2) is 0 Å². The Kier molecular flexibility index (Phi) is 5.48. The van der Waals surface area contributed by atoms with E-state index < -0.39 is 0 Å². The van der Waals surface area contributed by atoms with Crippen molar-refractivity contribution in [3.8, 4) is 0 Å². The second kappa shape index (κ2) is 6.66. The molecule has 19 heavy (non-hydrogen) atoms. The van der Waals surface area contributed by atoms with Crippen LogP contribution in [0.15, 0.2) is 18.2 Å². The highest BCUT2D eigenvalue weighted by Gasteiger charge is 2.17. The lowest BCUT2D eigenvalue weighted by Gasteiger charge is -2.24. The van der Waals surface area contributed by atoms with Crippen molar-refractivity contribution in [3.63, 3.8) is 0 Å². The number of hydrogen-bond donors (Lipinski definition) is 2. The first-order chi connectivity index (χ1) is 8.84. The van der Waals surface area contributed by atoms with Crippen LogP contribution in [0.25, 0.3) is 0 Å². The van der Waals surface area contributed by atoms with Crippen LogP contribution in [0.2, 0.25) is 0 Å². The van der Waals surface area contributed by atoms with E-state index >= 15 is 0 Å². The second-order valence-electron chi connectivity index (χ2n) is 5.73. The zero-order chi connectivity index (χ0) is 14.5. The first kappa shape index (κ1) is 15.6. The first-order valence-corrected chi connectivity index (χ1v) is 6.50. The van der Waals surface area contributed by atoms with Gasteiger partial charge in [0, 0.05) is 13.1 Å². The average molecular weight is 266 g/mol. The molecule has 0 aliphatic carbocycles. The van der Waals surface area contributed by atoms with Crippen molar-refractivity contribution in [1.29, 1.82) is 0 Å². The maximum absolute atomic E-state index is 13.1. The zero-order valence-corrected chi connectivity index (χ0v) is 12.1. The molecule has 0 saturated heterocycles. The summed E-state index contributed by atoms with van der Waals surface area (Å²) in [7, 11) is 1.89.